The van der Waals surface area contributed by atoms with Crippen LogP contribution < -0.4 is 5.73 Å². The first-order chi connectivity index (χ1) is 5.69. The Morgan fingerprint density at radius 2 is 2.25 bits per heavy atom. The van der Waals surface area contributed by atoms with Gasteiger partial charge in [0.15, 0.2) is 0 Å². The summed E-state index contributed by atoms with van der Waals surface area (Å²) in [6.45, 7) is 0. The third kappa shape index (κ3) is 1.43. The zero-order chi connectivity index (χ0) is 9.14. The minimum absolute atomic E-state index is 0.188. The van der Waals surface area contributed by atoms with E-state index in [2.05, 4.69) is 21.1 Å². The smallest absolute Gasteiger partial charge is 0.110 e. The third-order valence-corrected chi connectivity index (χ3v) is 2.00. The van der Waals surface area contributed by atoms with Crippen LogP contribution in [0.2, 0.25) is 0 Å². The number of anilines is 1. The Balaban J connectivity index is 3.41. The molecule has 0 bridgehead atoms. The number of hydrogen-bond acceptors (Lipinski definition) is 4. The molecule has 1 rings (SSSR count). The number of nitrogen functional groups attached to an aromatic ring is 1. The zero-order valence-electron chi connectivity index (χ0n) is 5.91. The van der Waals surface area contributed by atoms with Crippen LogP contribution in [0.15, 0.2) is 21.8 Å². The summed E-state index contributed by atoms with van der Waals surface area (Å²) >= 11 is 3.10. The molecule has 2 N–H and O–H groups in total. The van der Waals surface area contributed by atoms with Crippen LogP contribution in [0.5, 0.6) is 0 Å². The van der Waals surface area contributed by atoms with Gasteiger partial charge < -0.3 is 5.73 Å². The van der Waals surface area contributed by atoms with E-state index in [4.69, 9.17) is 11.0 Å². The number of nitriles is 1. The van der Waals surface area contributed by atoms with Crippen LogP contribution in [0.25, 0.3) is 0 Å². The van der Waals surface area contributed by atoms with E-state index in [-0.39, 0.29) is 11.3 Å². The van der Waals surface area contributed by atoms with Crippen molar-refractivity contribution >= 4 is 27.3 Å². The molecule has 0 aromatic heterocycles. The van der Waals surface area contributed by atoms with Gasteiger partial charge >= 0.3 is 0 Å². The van der Waals surface area contributed by atoms with Gasteiger partial charge in [-0.3, -0.25) is 0 Å². The van der Waals surface area contributed by atoms with Crippen LogP contribution in [0.4, 0.5) is 11.4 Å². The number of halogens is 1. The molecule has 0 saturated carbocycles. The van der Waals surface area contributed by atoms with E-state index >= 15 is 0 Å². The van der Waals surface area contributed by atoms with Crippen molar-refractivity contribution < 1.29 is 0 Å². The lowest BCUT2D eigenvalue weighted by Crippen LogP contribution is -1.90. The fourth-order valence-electron chi connectivity index (χ4n) is 0.749. The van der Waals surface area contributed by atoms with Gasteiger partial charge in [-0.25, -0.2) is 0 Å². The molecule has 0 aliphatic carbocycles. The quantitative estimate of drug-likeness (QED) is 0.589. The molecular formula is C7H4BrN3O. The number of benzene rings is 1. The Morgan fingerprint density at radius 1 is 1.58 bits per heavy atom. The molecule has 0 atom stereocenters. The molecular weight excluding hydrogens is 222 g/mol. The maximum atomic E-state index is 10.1. The van der Waals surface area contributed by atoms with Gasteiger partial charge in [-0.1, -0.05) is 0 Å². The average molecular weight is 226 g/mol. The van der Waals surface area contributed by atoms with Crippen molar-refractivity contribution in [3.63, 3.8) is 0 Å². The minimum atomic E-state index is 0.188. The largest absolute Gasteiger partial charge is 0.397 e. The van der Waals surface area contributed by atoms with Gasteiger partial charge in [0, 0.05) is 4.47 Å². The van der Waals surface area contributed by atoms with E-state index in [0.717, 1.165) is 0 Å². The molecule has 12 heavy (non-hydrogen) atoms. The molecule has 0 spiro atoms. The molecule has 5 heteroatoms. The standard InChI is InChI=1S/C7H4BrN3O/c8-6-2-5(11-12)1-4(3-9)7(6)10/h1-2H,10H2. The molecule has 1 aromatic rings. The topological polar surface area (TPSA) is 79.2 Å². The lowest BCUT2D eigenvalue weighted by molar-refractivity contribution is 1.43. The molecule has 1 aromatic carbocycles. The highest BCUT2D eigenvalue weighted by Crippen LogP contribution is 2.28. The number of nitrogens with zero attached hydrogens (tertiary/aromatic N) is 2. The van der Waals surface area contributed by atoms with Crippen molar-refractivity contribution in [3.8, 4) is 6.07 Å². The summed E-state index contributed by atoms with van der Waals surface area (Å²) in [5.41, 5.74) is 6.26. The summed E-state index contributed by atoms with van der Waals surface area (Å²) in [6.07, 6.45) is 0. The number of nitrogens with two attached hydrogens (primary N) is 1. The second-order valence-corrected chi connectivity index (χ2v) is 2.95. The van der Waals surface area contributed by atoms with Gasteiger partial charge in [0.2, 0.25) is 0 Å². The molecule has 0 radical (unpaired) electrons. The normalized spacial score (nSPS) is 9.00. The fraction of sp³-hybridized carbons (Fsp3) is 0. The van der Waals surface area contributed by atoms with E-state index in [1.54, 1.807) is 0 Å². The molecule has 0 fully saturated rings. The fourth-order valence-corrected chi connectivity index (χ4v) is 1.20. The van der Waals surface area contributed by atoms with Gasteiger partial charge in [-0.05, 0) is 33.2 Å². The van der Waals surface area contributed by atoms with E-state index in [0.29, 0.717) is 10.2 Å². The minimum Gasteiger partial charge on any atom is -0.397 e. The molecule has 0 amide bonds. The first-order valence-electron chi connectivity index (χ1n) is 3.01. The van der Waals surface area contributed by atoms with Gasteiger partial charge in [0.25, 0.3) is 0 Å². The molecule has 4 nitrogen and oxygen atoms in total. The lowest BCUT2D eigenvalue weighted by atomic mass is 10.2. The Labute approximate surface area is 77.1 Å². The zero-order valence-corrected chi connectivity index (χ0v) is 7.50. The maximum Gasteiger partial charge on any atom is 0.110 e. The van der Waals surface area contributed by atoms with Gasteiger partial charge in [-0.15, -0.1) is 4.91 Å². The van der Waals surface area contributed by atoms with Crippen molar-refractivity contribution in [2.24, 2.45) is 5.18 Å². The highest BCUT2D eigenvalue weighted by Gasteiger charge is 2.05. The number of rotatable bonds is 1. The van der Waals surface area contributed by atoms with Crippen molar-refractivity contribution in [2.45, 2.75) is 0 Å². The summed E-state index contributed by atoms with van der Waals surface area (Å²) in [5.74, 6) is 0. The van der Waals surface area contributed by atoms with Crippen LogP contribution in [-0.2, 0) is 0 Å². The second kappa shape index (κ2) is 3.32. The van der Waals surface area contributed by atoms with E-state index in [1.165, 1.54) is 12.1 Å². The summed E-state index contributed by atoms with van der Waals surface area (Å²) < 4.78 is 0.510. The van der Waals surface area contributed by atoms with Crippen LogP contribution >= 0.6 is 15.9 Å². The molecule has 0 unspecified atom stereocenters. The maximum absolute atomic E-state index is 10.1. The number of hydrogen-bond donors (Lipinski definition) is 1. The van der Waals surface area contributed by atoms with Gasteiger partial charge in [0.05, 0.1) is 11.3 Å². The number of nitroso groups, excluding NO2 is 1. The Morgan fingerprint density at radius 3 is 2.75 bits per heavy atom. The monoisotopic (exact) mass is 225 g/mol. The van der Waals surface area contributed by atoms with Gasteiger partial charge in [-0.2, -0.15) is 5.26 Å². The van der Waals surface area contributed by atoms with E-state index in [1.807, 2.05) is 6.07 Å². The SMILES string of the molecule is N#Cc1cc(N=O)cc(Br)c1N. The second-order valence-electron chi connectivity index (χ2n) is 2.09. The van der Waals surface area contributed by atoms with E-state index in [9.17, 15) is 4.91 Å². The molecule has 0 aliphatic rings. The average Bonchev–Trinajstić information content (AvgIpc) is 2.09. The van der Waals surface area contributed by atoms with E-state index < -0.39 is 0 Å². The lowest BCUT2D eigenvalue weighted by Gasteiger charge is -1.99. The van der Waals surface area contributed by atoms with Crippen LogP contribution in [0, 0.1) is 16.2 Å². The first kappa shape index (κ1) is 8.68. The Hall–Kier alpha value is -1.41. The molecule has 0 aliphatic heterocycles. The first-order valence-corrected chi connectivity index (χ1v) is 3.81. The Bertz CT molecular complexity index is 370. The van der Waals surface area contributed by atoms with Gasteiger partial charge in [0.1, 0.15) is 11.8 Å². The summed E-state index contributed by atoms with van der Waals surface area (Å²) in [4.78, 5) is 10.1. The highest BCUT2D eigenvalue weighted by molar-refractivity contribution is 9.10. The highest BCUT2D eigenvalue weighted by atomic mass is 79.9. The van der Waals surface area contributed by atoms with Crippen molar-refractivity contribution in [3.05, 3.63) is 27.1 Å². The van der Waals surface area contributed by atoms with Crippen LogP contribution in [-0.4, -0.2) is 0 Å². The summed E-state index contributed by atoms with van der Waals surface area (Å²) in [7, 11) is 0. The molecule has 60 valence electrons. The Kier molecular flexibility index (Phi) is 2.41. The van der Waals surface area contributed by atoms with Crippen molar-refractivity contribution in [1.82, 2.24) is 0 Å². The van der Waals surface area contributed by atoms with Crippen LogP contribution in [0.1, 0.15) is 5.56 Å². The summed E-state index contributed by atoms with van der Waals surface area (Å²) in [6, 6.07) is 4.66. The predicted molar refractivity (Wildman–Crippen MR) is 48.7 cm³/mol. The predicted octanol–water partition coefficient (Wildman–Crippen LogP) is 2.30. The van der Waals surface area contributed by atoms with Crippen molar-refractivity contribution in [2.75, 3.05) is 5.73 Å². The van der Waals surface area contributed by atoms with Crippen LogP contribution in [0.3, 0.4) is 0 Å². The molecule has 0 heterocycles. The molecule has 0 saturated heterocycles. The third-order valence-electron chi connectivity index (χ3n) is 1.34. The van der Waals surface area contributed by atoms with Crippen molar-refractivity contribution in [1.29, 1.82) is 5.26 Å². The summed E-state index contributed by atoms with van der Waals surface area (Å²) in [5, 5.41) is 11.3.